The maximum absolute atomic E-state index is 14.8. The van der Waals surface area contributed by atoms with Gasteiger partial charge in [0.05, 0.1) is 18.2 Å². The Morgan fingerprint density at radius 3 is 2.27 bits per heavy atom. The number of halogens is 2. The molecule has 0 spiro atoms. The van der Waals surface area contributed by atoms with Crippen LogP contribution in [0.5, 0.6) is 5.75 Å². The van der Waals surface area contributed by atoms with Crippen molar-refractivity contribution in [3.8, 4) is 5.75 Å². The summed E-state index contributed by atoms with van der Waals surface area (Å²) in [7, 11) is 0. The molecule has 0 saturated carbocycles. The summed E-state index contributed by atoms with van der Waals surface area (Å²) in [5, 5.41) is 11.1. The Balaban J connectivity index is 1.86. The molecule has 1 N–H and O–H groups in total. The lowest BCUT2D eigenvalue weighted by Crippen LogP contribution is -2.29. The van der Waals surface area contributed by atoms with Crippen molar-refractivity contribution in [1.29, 1.82) is 0 Å². The molecule has 3 aromatic carbocycles. The number of nitrogens with zero attached hydrogens (tertiary/aromatic N) is 1. The Morgan fingerprint density at radius 1 is 0.970 bits per heavy atom. The van der Waals surface area contributed by atoms with Crippen LogP contribution in [0, 0.1) is 11.6 Å². The van der Waals surface area contributed by atoms with E-state index in [1.165, 1.54) is 30.3 Å². The lowest BCUT2D eigenvalue weighted by molar-refractivity contribution is -0.132. The van der Waals surface area contributed by atoms with Crippen LogP contribution in [0.1, 0.15) is 30.5 Å². The number of hydrogen-bond acceptors (Lipinski definition) is 4. The van der Waals surface area contributed by atoms with Crippen molar-refractivity contribution < 1.29 is 28.2 Å². The number of aliphatic hydroxyl groups excluding tert-OH is 1. The Labute approximate surface area is 189 Å². The van der Waals surface area contributed by atoms with E-state index < -0.39 is 35.1 Å². The molecule has 1 aliphatic rings. The molecule has 168 valence electrons. The van der Waals surface area contributed by atoms with Crippen LogP contribution in [0.4, 0.5) is 14.5 Å². The lowest BCUT2D eigenvalue weighted by Gasteiger charge is -2.25. The van der Waals surface area contributed by atoms with Gasteiger partial charge in [-0.2, -0.15) is 0 Å². The van der Waals surface area contributed by atoms with Gasteiger partial charge in [-0.25, -0.2) is 8.78 Å². The van der Waals surface area contributed by atoms with Gasteiger partial charge in [-0.15, -0.1) is 0 Å². The summed E-state index contributed by atoms with van der Waals surface area (Å²) < 4.78 is 33.8. The average Bonchev–Trinajstić information content (AvgIpc) is 3.09. The quantitative estimate of drug-likeness (QED) is 0.312. The largest absolute Gasteiger partial charge is 0.507 e. The first kappa shape index (κ1) is 22.2. The first-order valence-corrected chi connectivity index (χ1v) is 10.5. The molecule has 5 nitrogen and oxygen atoms in total. The summed E-state index contributed by atoms with van der Waals surface area (Å²) in [4.78, 5) is 27.1. The zero-order valence-corrected chi connectivity index (χ0v) is 17.8. The van der Waals surface area contributed by atoms with Gasteiger partial charge >= 0.3 is 0 Å². The highest BCUT2D eigenvalue weighted by Gasteiger charge is 2.47. The second kappa shape index (κ2) is 9.24. The zero-order chi connectivity index (χ0) is 23.5. The van der Waals surface area contributed by atoms with Crippen LogP contribution in [0.3, 0.4) is 0 Å². The summed E-state index contributed by atoms with van der Waals surface area (Å²) in [5.41, 5.74) is 0.258. The number of carbonyl (C=O) groups excluding carboxylic acids is 2. The summed E-state index contributed by atoms with van der Waals surface area (Å²) in [5.74, 6) is -2.93. The van der Waals surface area contributed by atoms with E-state index in [0.717, 1.165) is 23.5 Å². The SMILES string of the molecule is CCCOc1ccc(/C(O)=C2/C(=O)C(=O)N(c3ccc(F)cc3)C2c2ccccc2F)cc1. The summed E-state index contributed by atoms with van der Waals surface area (Å²) in [6, 6.07) is 15.8. The Kier molecular flexibility index (Phi) is 6.22. The summed E-state index contributed by atoms with van der Waals surface area (Å²) in [6.45, 7) is 2.50. The summed E-state index contributed by atoms with van der Waals surface area (Å²) >= 11 is 0. The minimum absolute atomic E-state index is 0.0328. The standard InChI is InChI=1S/C26H21F2NO4/c1-2-15-33-19-13-7-16(8-14-19)24(30)22-23(20-5-3-4-6-21(20)28)29(26(32)25(22)31)18-11-9-17(27)10-12-18/h3-14,23,30H,2,15H2,1H3/b24-22-. The van der Waals surface area contributed by atoms with E-state index in [9.17, 15) is 23.5 Å². The van der Waals surface area contributed by atoms with E-state index >= 15 is 0 Å². The van der Waals surface area contributed by atoms with Crippen LogP contribution >= 0.6 is 0 Å². The van der Waals surface area contributed by atoms with Crippen LogP contribution in [0.2, 0.25) is 0 Å². The molecular weight excluding hydrogens is 428 g/mol. The molecule has 1 fully saturated rings. The summed E-state index contributed by atoms with van der Waals surface area (Å²) in [6.07, 6.45) is 0.831. The van der Waals surface area contributed by atoms with E-state index in [2.05, 4.69) is 0 Å². The van der Waals surface area contributed by atoms with Gasteiger partial charge in [0.25, 0.3) is 11.7 Å². The second-order valence-corrected chi connectivity index (χ2v) is 7.54. The molecule has 3 aromatic rings. The highest BCUT2D eigenvalue weighted by molar-refractivity contribution is 6.51. The van der Waals surface area contributed by atoms with Crippen molar-refractivity contribution in [3.05, 3.63) is 101 Å². The van der Waals surface area contributed by atoms with Gasteiger partial charge in [-0.3, -0.25) is 14.5 Å². The Morgan fingerprint density at radius 2 is 1.64 bits per heavy atom. The number of hydrogen-bond donors (Lipinski definition) is 1. The molecule has 1 amide bonds. The van der Waals surface area contributed by atoms with Crippen molar-refractivity contribution >= 4 is 23.1 Å². The number of Topliss-reactive ketones (excluding diaryl/α,β-unsaturated/α-hetero) is 1. The van der Waals surface area contributed by atoms with Gasteiger partial charge in [0.1, 0.15) is 23.1 Å². The first-order chi connectivity index (χ1) is 15.9. The molecule has 1 aliphatic heterocycles. The lowest BCUT2D eigenvalue weighted by atomic mass is 9.94. The highest BCUT2D eigenvalue weighted by Crippen LogP contribution is 2.43. The van der Waals surface area contributed by atoms with Gasteiger partial charge < -0.3 is 9.84 Å². The molecule has 0 aromatic heterocycles. The van der Waals surface area contributed by atoms with E-state index in [1.54, 1.807) is 30.3 Å². The van der Waals surface area contributed by atoms with Crippen LogP contribution in [-0.2, 0) is 9.59 Å². The van der Waals surface area contributed by atoms with E-state index in [-0.39, 0.29) is 22.4 Å². The molecule has 7 heteroatoms. The monoisotopic (exact) mass is 449 g/mol. The molecule has 0 bridgehead atoms. The third-order valence-corrected chi connectivity index (χ3v) is 5.35. The zero-order valence-electron chi connectivity index (χ0n) is 17.8. The van der Waals surface area contributed by atoms with Crippen molar-refractivity contribution in [2.45, 2.75) is 19.4 Å². The molecule has 1 atom stereocenters. The Bertz CT molecular complexity index is 1220. The van der Waals surface area contributed by atoms with Gasteiger partial charge in [-0.1, -0.05) is 25.1 Å². The molecule has 1 heterocycles. The molecule has 4 rings (SSSR count). The number of anilines is 1. The second-order valence-electron chi connectivity index (χ2n) is 7.54. The molecule has 1 saturated heterocycles. The fourth-order valence-corrected chi connectivity index (χ4v) is 3.78. The van der Waals surface area contributed by atoms with Gasteiger partial charge in [-0.05, 0) is 61.0 Å². The number of ketones is 1. The molecular formula is C26H21F2NO4. The third kappa shape index (κ3) is 4.22. The molecule has 1 unspecified atom stereocenters. The maximum atomic E-state index is 14.8. The Hall–Kier alpha value is -4.00. The number of rotatable bonds is 6. The molecule has 0 radical (unpaired) electrons. The van der Waals surface area contributed by atoms with Crippen LogP contribution in [-0.4, -0.2) is 23.4 Å². The number of aliphatic hydroxyl groups is 1. The maximum Gasteiger partial charge on any atom is 0.300 e. The van der Waals surface area contributed by atoms with Crippen molar-refractivity contribution in [3.63, 3.8) is 0 Å². The third-order valence-electron chi connectivity index (χ3n) is 5.35. The van der Waals surface area contributed by atoms with Crippen molar-refractivity contribution in [1.82, 2.24) is 0 Å². The van der Waals surface area contributed by atoms with Crippen LogP contribution in [0.15, 0.2) is 78.4 Å². The van der Waals surface area contributed by atoms with E-state index in [0.29, 0.717) is 12.4 Å². The van der Waals surface area contributed by atoms with Crippen molar-refractivity contribution in [2.75, 3.05) is 11.5 Å². The topological polar surface area (TPSA) is 66.8 Å². The number of ether oxygens (including phenoxy) is 1. The molecule has 0 aliphatic carbocycles. The number of amides is 1. The average molecular weight is 449 g/mol. The fourth-order valence-electron chi connectivity index (χ4n) is 3.78. The van der Waals surface area contributed by atoms with Crippen LogP contribution in [0.25, 0.3) is 5.76 Å². The fraction of sp³-hybridized carbons (Fsp3) is 0.154. The van der Waals surface area contributed by atoms with E-state index in [4.69, 9.17) is 4.74 Å². The minimum Gasteiger partial charge on any atom is -0.507 e. The van der Waals surface area contributed by atoms with Gasteiger partial charge in [0.2, 0.25) is 0 Å². The highest BCUT2D eigenvalue weighted by atomic mass is 19.1. The normalized spacial score (nSPS) is 17.4. The van der Waals surface area contributed by atoms with E-state index in [1.807, 2.05) is 6.92 Å². The number of carbonyl (C=O) groups is 2. The smallest absolute Gasteiger partial charge is 0.300 e. The number of benzene rings is 3. The first-order valence-electron chi connectivity index (χ1n) is 10.5. The van der Waals surface area contributed by atoms with Crippen LogP contribution < -0.4 is 9.64 Å². The predicted octanol–water partition coefficient (Wildman–Crippen LogP) is 5.38. The van der Waals surface area contributed by atoms with Gasteiger partial charge in [0, 0.05) is 16.8 Å². The van der Waals surface area contributed by atoms with Crippen molar-refractivity contribution in [2.24, 2.45) is 0 Å². The minimum atomic E-state index is -1.23. The van der Waals surface area contributed by atoms with Gasteiger partial charge in [0.15, 0.2) is 0 Å². The predicted molar refractivity (Wildman–Crippen MR) is 120 cm³/mol. The molecule has 33 heavy (non-hydrogen) atoms.